The number of nitrogen functional groups attached to an aromatic ring is 3. The van der Waals surface area contributed by atoms with Gasteiger partial charge in [-0.15, -0.1) is 12.6 Å². The van der Waals surface area contributed by atoms with E-state index in [9.17, 15) is 0 Å². The van der Waals surface area contributed by atoms with Gasteiger partial charge in [0, 0.05) is 27.5 Å². The van der Waals surface area contributed by atoms with Crippen molar-refractivity contribution in [2.45, 2.75) is 4.90 Å². The van der Waals surface area contributed by atoms with Crippen LogP contribution in [0.25, 0.3) is 11.1 Å². The summed E-state index contributed by atoms with van der Waals surface area (Å²) in [6.45, 7) is 0. The van der Waals surface area contributed by atoms with Crippen LogP contribution in [0.1, 0.15) is 0 Å². The van der Waals surface area contributed by atoms with Crippen LogP contribution in [0.5, 0.6) is 0 Å². The molecule has 4 heteroatoms. The van der Waals surface area contributed by atoms with Gasteiger partial charge < -0.3 is 17.2 Å². The normalized spacial score (nSPS) is 10.3. The maximum atomic E-state index is 5.91. The van der Waals surface area contributed by atoms with E-state index >= 15 is 0 Å². The predicted molar refractivity (Wildman–Crippen MR) is 72.4 cm³/mol. The molecule has 82 valence electrons. The molecule has 16 heavy (non-hydrogen) atoms. The first-order valence-electron chi connectivity index (χ1n) is 4.82. The van der Waals surface area contributed by atoms with Crippen molar-refractivity contribution in [1.29, 1.82) is 0 Å². The fourth-order valence-corrected chi connectivity index (χ4v) is 1.83. The zero-order valence-corrected chi connectivity index (χ0v) is 9.54. The van der Waals surface area contributed by atoms with Crippen molar-refractivity contribution in [3.05, 3.63) is 36.4 Å². The first-order valence-corrected chi connectivity index (χ1v) is 5.27. The average molecular weight is 231 g/mol. The first kappa shape index (κ1) is 10.7. The Hall–Kier alpha value is -1.81. The highest BCUT2D eigenvalue weighted by molar-refractivity contribution is 7.80. The molecule has 0 unspecified atom stereocenters. The summed E-state index contributed by atoms with van der Waals surface area (Å²) in [6.07, 6.45) is 0. The van der Waals surface area contributed by atoms with E-state index in [0.717, 1.165) is 16.0 Å². The Bertz CT molecular complexity index is 518. The molecule has 0 heterocycles. The second-order valence-electron chi connectivity index (χ2n) is 3.59. The second-order valence-corrected chi connectivity index (χ2v) is 4.07. The summed E-state index contributed by atoms with van der Waals surface area (Å²) in [5, 5.41) is 0. The van der Waals surface area contributed by atoms with Crippen LogP contribution >= 0.6 is 12.6 Å². The lowest BCUT2D eigenvalue weighted by Crippen LogP contribution is -1.96. The molecule has 0 aromatic heterocycles. The quantitative estimate of drug-likeness (QED) is 0.449. The molecule has 2 aromatic rings. The van der Waals surface area contributed by atoms with Crippen LogP contribution in [-0.4, -0.2) is 0 Å². The maximum Gasteiger partial charge on any atom is 0.0450 e. The number of hydrogen-bond acceptors (Lipinski definition) is 4. The van der Waals surface area contributed by atoms with Gasteiger partial charge in [0.15, 0.2) is 0 Å². The van der Waals surface area contributed by atoms with Crippen LogP contribution in [-0.2, 0) is 0 Å². The second kappa shape index (κ2) is 3.98. The maximum absolute atomic E-state index is 5.91. The van der Waals surface area contributed by atoms with Gasteiger partial charge in [-0.05, 0) is 29.8 Å². The number of nitrogens with two attached hydrogens (primary N) is 3. The van der Waals surface area contributed by atoms with E-state index in [1.807, 2.05) is 30.3 Å². The summed E-state index contributed by atoms with van der Waals surface area (Å²) in [6, 6.07) is 11.0. The Morgan fingerprint density at radius 3 is 2.00 bits per heavy atom. The zero-order valence-electron chi connectivity index (χ0n) is 8.64. The molecule has 0 bridgehead atoms. The van der Waals surface area contributed by atoms with Crippen LogP contribution in [0.15, 0.2) is 41.3 Å². The minimum atomic E-state index is 0.639. The number of thiol groups is 1. The summed E-state index contributed by atoms with van der Waals surface area (Å²) >= 11 is 4.28. The monoisotopic (exact) mass is 231 g/mol. The average Bonchev–Trinajstić information content (AvgIpc) is 2.23. The van der Waals surface area contributed by atoms with Crippen molar-refractivity contribution in [2.75, 3.05) is 17.2 Å². The lowest BCUT2D eigenvalue weighted by molar-refractivity contribution is 1.46. The van der Waals surface area contributed by atoms with Crippen LogP contribution in [0, 0.1) is 0 Å². The van der Waals surface area contributed by atoms with E-state index in [1.165, 1.54) is 0 Å². The highest BCUT2D eigenvalue weighted by atomic mass is 32.1. The van der Waals surface area contributed by atoms with Gasteiger partial charge in [0.25, 0.3) is 0 Å². The Morgan fingerprint density at radius 2 is 1.44 bits per heavy atom. The Kier molecular flexibility index (Phi) is 2.66. The standard InChI is InChI=1S/C12H13N3S/c13-8-5-4-7(6-11(8)16)12-9(14)2-1-3-10(12)15/h1-6,16H,13-15H2. The van der Waals surface area contributed by atoms with E-state index in [4.69, 9.17) is 17.2 Å². The SMILES string of the molecule is Nc1ccc(-c2c(N)cccc2N)cc1S. The molecule has 0 aliphatic carbocycles. The summed E-state index contributed by atoms with van der Waals surface area (Å²) in [5.74, 6) is 0. The molecule has 2 rings (SSSR count). The molecule has 0 fully saturated rings. The topological polar surface area (TPSA) is 78.1 Å². The lowest BCUT2D eigenvalue weighted by Gasteiger charge is -2.10. The molecule has 0 aliphatic rings. The van der Waals surface area contributed by atoms with Crippen LogP contribution in [0.3, 0.4) is 0 Å². The van der Waals surface area contributed by atoms with E-state index < -0.39 is 0 Å². The summed E-state index contributed by atoms with van der Waals surface area (Å²) < 4.78 is 0. The Labute approximate surface area is 99.7 Å². The molecule has 0 atom stereocenters. The minimum absolute atomic E-state index is 0.639. The molecule has 0 saturated heterocycles. The van der Waals surface area contributed by atoms with Crippen LogP contribution in [0.4, 0.5) is 17.1 Å². The molecule has 6 N–H and O–H groups in total. The molecule has 2 aromatic carbocycles. The smallest absolute Gasteiger partial charge is 0.0450 e. The highest BCUT2D eigenvalue weighted by Crippen LogP contribution is 2.33. The third kappa shape index (κ3) is 1.79. The van der Waals surface area contributed by atoms with Gasteiger partial charge in [-0.1, -0.05) is 12.1 Å². The van der Waals surface area contributed by atoms with Crippen molar-refractivity contribution in [2.24, 2.45) is 0 Å². The van der Waals surface area contributed by atoms with Crippen LogP contribution < -0.4 is 17.2 Å². The van der Waals surface area contributed by atoms with Crippen LogP contribution in [0.2, 0.25) is 0 Å². The highest BCUT2D eigenvalue weighted by Gasteiger charge is 2.07. The van der Waals surface area contributed by atoms with Gasteiger partial charge in [-0.25, -0.2) is 0 Å². The van der Waals surface area contributed by atoms with Crippen molar-refractivity contribution in [3.63, 3.8) is 0 Å². The van der Waals surface area contributed by atoms with Crippen molar-refractivity contribution < 1.29 is 0 Å². The van der Waals surface area contributed by atoms with Crippen molar-refractivity contribution in [1.82, 2.24) is 0 Å². The number of anilines is 3. The third-order valence-electron chi connectivity index (χ3n) is 2.45. The molecule has 0 aliphatic heterocycles. The predicted octanol–water partition coefficient (Wildman–Crippen LogP) is 2.39. The Morgan fingerprint density at radius 1 is 0.812 bits per heavy atom. The largest absolute Gasteiger partial charge is 0.398 e. The van der Waals surface area contributed by atoms with Gasteiger partial charge >= 0.3 is 0 Å². The van der Waals surface area contributed by atoms with Gasteiger partial charge in [-0.3, -0.25) is 0 Å². The molecule has 0 spiro atoms. The summed E-state index contributed by atoms with van der Waals surface area (Å²) in [7, 11) is 0. The van der Waals surface area contributed by atoms with E-state index in [1.54, 1.807) is 6.07 Å². The minimum Gasteiger partial charge on any atom is -0.398 e. The van der Waals surface area contributed by atoms with E-state index in [2.05, 4.69) is 12.6 Å². The fourth-order valence-electron chi connectivity index (χ4n) is 1.62. The lowest BCUT2D eigenvalue weighted by atomic mass is 10.0. The first-order chi connectivity index (χ1) is 7.59. The Balaban J connectivity index is 2.63. The molecule has 3 nitrogen and oxygen atoms in total. The number of rotatable bonds is 1. The number of benzene rings is 2. The zero-order chi connectivity index (χ0) is 11.7. The molecular weight excluding hydrogens is 218 g/mol. The summed E-state index contributed by atoms with van der Waals surface area (Å²) in [4.78, 5) is 0.722. The van der Waals surface area contributed by atoms with Gasteiger partial charge in [-0.2, -0.15) is 0 Å². The summed E-state index contributed by atoms with van der Waals surface area (Å²) in [5.41, 5.74) is 21.2. The molecule has 0 amide bonds. The van der Waals surface area contributed by atoms with Gasteiger partial charge in [0.1, 0.15) is 0 Å². The molecule has 0 radical (unpaired) electrons. The fraction of sp³-hybridized carbons (Fsp3) is 0. The number of hydrogen-bond donors (Lipinski definition) is 4. The van der Waals surface area contributed by atoms with E-state index in [0.29, 0.717) is 17.1 Å². The van der Waals surface area contributed by atoms with Gasteiger partial charge in [0.05, 0.1) is 0 Å². The molecule has 0 saturated carbocycles. The third-order valence-corrected chi connectivity index (χ3v) is 2.84. The van der Waals surface area contributed by atoms with Crippen molar-refractivity contribution >= 4 is 29.7 Å². The van der Waals surface area contributed by atoms with Gasteiger partial charge in [0.2, 0.25) is 0 Å². The molecular formula is C12H13N3S. The van der Waals surface area contributed by atoms with E-state index in [-0.39, 0.29) is 0 Å². The van der Waals surface area contributed by atoms with Crippen molar-refractivity contribution in [3.8, 4) is 11.1 Å².